The molecule has 0 bridgehead atoms. The highest BCUT2D eigenvalue weighted by Crippen LogP contribution is 2.54. The zero-order chi connectivity index (χ0) is 89.4. The summed E-state index contributed by atoms with van der Waals surface area (Å²) in [5.41, 5.74) is 8.70. The Morgan fingerprint density at radius 1 is 0.157 bits per heavy atom. The molecule has 10 heteroatoms. The molecule has 0 saturated heterocycles. The molecule has 0 spiro atoms. The molecular weight excluding hydrogens is 1690 g/mol. The van der Waals surface area contributed by atoms with E-state index in [0.29, 0.717) is 11.1 Å². The molecule has 0 aliphatic heterocycles. The van der Waals surface area contributed by atoms with Crippen LogP contribution in [0.5, 0.6) is 0 Å². The summed E-state index contributed by atoms with van der Waals surface area (Å²) in [7, 11) is -9.76. The predicted molar refractivity (Wildman–Crippen MR) is 570 cm³/mol. The fraction of sp³-hybridized carbons (Fsp3) is 0. The topological polar surface area (TPSA) is 103 Å². The van der Waals surface area contributed by atoms with Crippen molar-refractivity contribution in [2.24, 2.45) is 0 Å². The Bertz CT molecular complexity index is 8860. The average Bonchev–Trinajstić information content (AvgIpc) is 0.710. The van der Waals surface area contributed by atoms with E-state index in [1.54, 1.807) is 0 Å². The lowest BCUT2D eigenvalue weighted by Crippen LogP contribution is -2.27. The van der Waals surface area contributed by atoms with Gasteiger partial charge in [-0.15, -0.1) is 0 Å². The van der Waals surface area contributed by atoms with Crippen molar-refractivity contribution in [2.75, 3.05) is 0 Å². The Kier molecular flexibility index (Phi) is 20.3. The zero-order valence-electron chi connectivity index (χ0n) is 72.6. The molecule has 7 nitrogen and oxygen atoms in total. The fourth-order valence-corrected chi connectivity index (χ4v) is 29.1. The molecule has 26 aromatic rings. The number of para-hydroxylation sites is 3. The Balaban J connectivity index is 0.000000111. The third-order valence-corrected chi connectivity index (χ3v) is 35.8. The summed E-state index contributed by atoms with van der Waals surface area (Å²) < 4.78 is 46.6. The van der Waals surface area contributed by atoms with E-state index in [4.69, 9.17) is 19.9 Å². The van der Waals surface area contributed by atoms with Crippen molar-refractivity contribution in [1.29, 1.82) is 0 Å². The molecule has 630 valence electrons. The average molecular weight is 1770 g/mol. The third-order valence-electron chi connectivity index (χ3n) is 26.7. The lowest BCUT2D eigenvalue weighted by atomic mass is 9.87. The van der Waals surface area contributed by atoms with Crippen molar-refractivity contribution < 1.29 is 13.7 Å². The maximum atomic E-state index is 16.2. The number of nitrogens with zero attached hydrogens (tertiary/aromatic N) is 4. The van der Waals surface area contributed by atoms with Crippen LogP contribution in [0.1, 0.15) is 0 Å². The third kappa shape index (κ3) is 13.3. The number of hydrogen-bond acceptors (Lipinski definition) is 7. The normalized spacial score (nSPS) is 12.0. The van der Waals surface area contributed by atoms with Gasteiger partial charge in [0, 0.05) is 102 Å². The highest BCUT2D eigenvalue weighted by Gasteiger charge is 2.37. The molecule has 22 aromatic carbocycles. The monoisotopic (exact) mass is 1770 g/mol. The van der Waals surface area contributed by atoms with Gasteiger partial charge in [0.2, 0.25) is 0 Å². The van der Waals surface area contributed by atoms with Gasteiger partial charge in [-0.3, -0.25) is 0 Å². The second-order valence-electron chi connectivity index (χ2n) is 34.0. The minimum absolute atomic E-state index is 0.547. The van der Waals surface area contributed by atoms with Gasteiger partial charge in [0.1, 0.15) is 5.44 Å². The summed E-state index contributed by atoms with van der Waals surface area (Å²) in [6.45, 7) is 0. The van der Waals surface area contributed by atoms with Crippen molar-refractivity contribution in [3.63, 3.8) is 0 Å². The maximum Gasteiger partial charge on any atom is 0.188 e. The largest absolute Gasteiger partial charge is 0.309 e. The fourth-order valence-electron chi connectivity index (χ4n) is 20.8. The van der Waals surface area contributed by atoms with Crippen LogP contribution >= 0.6 is 21.4 Å². The van der Waals surface area contributed by atoms with Crippen LogP contribution in [-0.4, -0.2) is 19.9 Å². The first-order valence-corrected chi connectivity index (χ1v) is 50.3. The van der Waals surface area contributed by atoms with Crippen LogP contribution < -0.4 is 47.9 Å². The SMILES string of the molecule is O=P(c1ccccc1)(c1ccccc1)c1c2ccccc2c(-c2nc3ccccc3c3c4ccccc4c4ccccc4c23)c2ccccc12.O=P(c1ccccc1)(c1ccccc1)c1cccc(-c2nc3ccccc3c3c4ccccc4c4ccccc4c23)c1.O=P(c1ccccc1)(c1ccccc1)c1cccc(-c2nc3ccccc3c3c4ccccc4c4ccccc4c23)n1. The van der Waals surface area contributed by atoms with Crippen LogP contribution in [0, 0.1) is 0 Å². The summed E-state index contributed by atoms with van der Waals surface area (Å²) in [5, 5.41) is 35.1. The highest BCUT2D eigenvalue weighted by molar-refractivity contribution is 7.86. The van der Waals surface area contributed by atoms with Crippen LogP contribution in [0.2, 0.25) is 0 Å². The molecule has 26 rings (SSSR count). The van der Waals surface area contributed by atoms with E-state index in [1.165, 1.54) is 70.0 Å². The Morgan fingerprint density at radius 3 is 0.761 bits per heavy atom. The van der Waals surface area contributed by atoms with E-state index in [2.05, 4.69) is 267 Å². The molecule has 0 aliphatic rings. The van der Waals surface area contributed by atoms with Gasteiger partial charge >= 0.3 is 0 Å². The van der Waals surface area contributed by atoms with Gasteiger partial charge < -0.3 is 13.7 Å². The summed E-state index contributed by atoms with van der Waals surface area (Å²) in [6.07, 6.45) is 0. The van der Waals surface area contributed by atoms with Gasteiger partial charge in [-0.05, 0) is 123 Å². The summed E-state index contributed by atoms with van der Waals surface area (Å²) in [5.74, 6) is 0. The van der Waals surface area contributed by atoms with E-state index in [1.807, 2.05) is 224 Å². The summed E-state index contributed by atoms with van der Waals surface area (Å²) in [6, 6.07) is 167. The van der Waals surface area contributed by atoms with Gasteiger partial charge in [0.15, 0.2) is 21.4 Å². The van der Waals surface area contributed by atoms with Crippen molar-refractivity contribution >= 4 is 221 Å². The second kappa shape index (κ2) is 33.6. The molecule has 4 aromatic heterocycles. The Morgan fingerprint density at radius 2 is 0.403 bits per heavy atom. The van der Waals surface area contributed by atoms with Crippen LogP contribution in [0.3, 0.4) is 0 Å². The van der Waals surface area contributed by atoms with Crippen LogP contribution in [0.4, 0.5) is 0 Å². The smallest absolute Gasteiger partial charge is 0.188 e. The summed E-state index contributed by atoms with van der Waals surface area (Å²) in [4.78, 5) is 21.3. The number of rotatable bonds is 12. The highest BCUT2D eigenvalue weighted by atomic mass is 31.2. The van der Waals surface area contributed by atoms with Gasteiger partial charge in [-0.2, -0.15) is 0 Å². The lowest BCUT2D eigenvalue weighted by Gasteiger charge is -2.26. The van der Waals surface area contributed by atoms with Crippen LogP contribution in [0.15, 0.2) is 491 Å². The Labute approximate surface area is 773 Å². The zero-order valence-corrected chi connectivity index (χ0v) is 75.3. The number of pyridine rings is 4. The van der Waals surface area contributed by atoms with Crippen molar-refractivity contribution in [3.05, 3.63) is 491 Å². The van der Waals surface area contributed by atoms with Gasteiger partial charge in [-0.25, -0.2) is 19.9 Å². The van der Waals surface area contributed by atoms with E-state index in [0.717, 1.165) is 152 Å². The number of aromatic nitrogens is 4. The van der Waals surface area contributed by atoms with Gasteiger partial charge in [-0.1, -0.05) is 455 Å². The minimum Gasteiger partial charge on any atom is -0.309 e. The first-order chi connectivity index (χ1) is 66.2. The molecule has 0 N–H and O–H groups in total. The van der Waals surface area contributed by atoms with E-state index in [-0.39, 0.29) is 0 Å². The molecular formula is C124H81N4O3P3. The van der Waals surface area contributed by atoms with Crippen LogP contribution in [-0.2, 0) is 13.7 Å². The first-order valence-electron chi connectivity index (χ1n) is 45.2. The minimum atomic E-state index is -3.36. The molecule has 0 radical (unpaired) electrons. The predicted octanol–water partition coefficient (Wildman–Crippen LogP) is 28.7. The molecule has 0 saturated carbocycles. The molecule has 0 fully saturated rings. The first kappa shape index (κ1) is 81.0. The van der Waals surface area contributed by atoms with Crippen molar-refractivity contribution in [2.45, 2.75) is 0 Å². The second-order valence-corrected chi connectivity index (χ2v) is 42.2. The molecule has 134 heavy (non-hydrogen) atoms. The van der Waals surface area contributed by atoms with Gasteiger partial charge in [0.05, 0.1) is 39.3 Å². The number of hydrogen-bond donors (Lipinski definition) is 0. The quantitative estimate of drug-likeness (QED) is 0.0682. The number of fused-ring (bicyclic) bond motifs is 26. The van der Waals surface area contributed by atoms with Crippen molar-refractivity contribution in [3.8, 4) is 33.9 Å². The van der Waals surface area contributed by atoms with Gasteiger partial charge in [0.25, 0.3) is 0 Å². The molecule has 4 heterocycles. The maximum absolute atomic E-state index is 16.2. The summed E-state index contributed by atoms with van der Waals surface area (Å²) >= 11 is 0. The van der Waals surface area contributed by atoms with E-state index in [9.17, 15) is 0 Å². The van der Waals surface area contributed by atoms with E-state index >= 15 is 13.7 Å². The Hall–Kier alpha value is -16.2. The lowest BCUT2D eigenvalue weighted by molar-refractivity contribution is 0.591. The molecule has 0 unspecified atom stereocenters. The number of benzene rings is 22. The van der Waals surface area contributed by atoms with Crippen LogP contribution in [0.25, 0.3) is 185 Å². The standard InChI is InChI=1S/C47H30NOP.C39H26NOP.C38H25N2OP/c49-50(31-17-3-1-4-18-31,32-19-5-2-6-20-32)47-39-27-13-11-25-37(39)44(38-26-12-14-28-40(38)47)46-45-36-24-10-8-22-34(36)33-21-7-9-23-35(33)43(45)41-29-15-16-30-42(41)48-46;41-42(28-15-3-1-4-16-28,29-17-5-2-6-18-29)30-19-13-14-27(26-30)39-38-34-23-10-8-21-32(34)31-20-7-9-22-33(31)37(38)35-24-11-12-25-36(35)40-39;41-42(26-14-3-1-4-15-26,27-16-5-2-6-17-27)35-25-13-24-34(39-35)38-37-31-21-10-8-19-29(31)28-18-7-9-20-30(28)36(37)32-22-11-12-23-33(32)40-38/h1-30H;1-26H;1-25H. The van der Waals surface area contributed by atoms with Crippen molar-refractivity contribution in [1.82, 2.24) is 19.9 Å². The molecule has 0 amide bonds. The molecule has 0 aliphatic carbocycles. The van der Waals surface area contributed by atoms with E-state index < -0.39 is 21.4 Å². The molecule has 0 atom stereocenters.